The van der Waals surface area contributed by atoms with Crippen LogP contribution in [0.3, 0.4) is 0 Å². The Morgan fingerprint density at radius 2 is 2.08 bits per heavy atom. The maximum Gasteiger partial charge on any atom is 0.314 e. The second-order valence-corrected chi connectivity index (χ2v) is 8.44. The van der Waals surface area contributed by atoms with Crippen molar-refractivity contribution < 1.29 is 22.7 Å². The molecule has 9 heteroatoms. The maximum atomic E-state index is 12.8. The lowest BCUT2D eigenvalue weighted by atomic mass is 10.1. The highest BCUT2D eigenvalue weighted by atomic mass is 32.2. The normalized spacial score (nSPS) is 22.5. The average Bonchev–Trinajstić information content (AvgIpc) is 2.97. The summed E-state index contributed by atoms with van der Waals surface area (Å²) in [5.74, 6) is -1.83. The standard InChI is InChI=1S/C17H21N3O5S/c1-10-4-5-14(11(2)6-10)26(23,24)9-12-7-15(21)20-16(19-12)13(8-18-20)17(22)25-3/h4-7,13,16,18-19H,8-9H2,1-3H3. The summed E-state index contributed by atoms with van der Waals surface area (Å²) in [6.07, 6.45) is 0.564. The van der Waals surface area contributed by atoms with E-state index in [1.807, 2.05) is 6.92 Å². The summed E-state index contributed by atoms with van der Waals surface area (Å²) in [6.45, 7) is 3.87. The van der Waals surface area contributed by atoms with Crippen LogP contribution in [0.2, 0.25) is 0 Å². The molecule has 8 nitrogen and oxygen atoms in total. The predicted octanol–water partition coefficient (Wildman–Crippen LogP) is 0.0263. The second-order valence-electron chi connectivity index (χ2n) is 6.49. The number of fused-ring (bicyclic) bond motifs is 1. The van der Waals surface area contributed by atoms with Gasteiger partial charge in [0.1, 0.15) is 12.1 Å². The van der Waals surface area contributed by atoms with E-state index < -0.39 is 33.8 Å². The Balaban J connectivity index is 1.85. The molecule has 2 aliphatic rings. The van der Waals surface area contributed by atoms with Crippen LogP contribution >= 0.6 is 0 Å². The zero-order valence-electron chi connectivity index (χ0n) is 14.8. The number of hydrogen-bond acceptors (Lipinski definition) is 7. The van der Waals surface area contributed by atoms with Crippen molar-refractivity contribution in [2.45, 2.75) is 24.9 Å². The lowest BCUT2D eigenvalue weighted by Gasteiger charge is -2.32. The van der Waals surface area contributed by atoms with Crippen LogP contribution in [-0.4, -0.2) is 50.9 Å². The molecule has 3 rings (SSSR count). The van der Waals surface area contributed by atoms with Crippen molar-refractivity contribution in [2.24, 2.45) is 5.92 Å². The van der Waals surface area contributed by atoms with E-state index in [1.54, 1.807) is 25.1 Å². The van der Waals surface area contributed by atoms with E-state index >= 15 is 0 Å². The molecule has 1 saturated heterocycles. The number of hydrazine groups is 1. The van der Waals surface area contributed by atoms with Gasteiger partial charge in [0.2, 0.25) is 0 Å². The number of amides is 1. The van der Waals surface area contributed by atoms with Gasteiger partial charge in [-0.25, -0.2) is 13.8 Å². The van der Waals surface area contributed by atoms with E-state index in [-0.39, 0.29) is 22.9 Å². The summed E-state index contributed by atoms with van der Waals surface area (Å²) < 4.78 is 30.3. The van der Waals surface area contributed by atoms with Gasteiger partial charge in [-0.3, -0.25) is 14.6 Å². The summed E-state index contributed by atoms with van der Waals surface area (Å²) in [5, 5.41) is 4.28. The van der Waals surface area contributed by atoms with Gasteiger partial charge in [0.05, 0.1) is 17.8 Å². The van der Waals surface area contributed by atoms with Crippen LogP contribution in [0.4, 0.5) is 0 Å². The number of aryl methyl sites for hydroxylation is 2. The van der Waals surface area contributed by atoms with Gasteiger partial charge in [-0.15, -0.1) is 0 Å². The van der Waals surface area contributed by atoms with Gasteiger partial charge >= 0.3 is 5.97 Å². The monoisotopic (exact) mass is 379 g/mol. The number of esters is 1. The number of nitrogens with one attached hydrogen (secondary N) is 2. The van der Waals surface area contributed by atoms with Crippen molar-refractivity contribution >= 4 is 21.7 Å². The van der Waals surface area contributed by atoms with Gasteiger partial charge in [-0.05, 0) is 25.5 Å². The van der Waals surface area contributed by atoms with E-state index in [0.29, 0.717) is 5.56 Å². The van der Waals surface area contributed by atoms with Gasteiger partial charge < -0.3 is 10.1 Å². The number of nitrogens with zero attached hydrogens (tertiary/aromatic N) is 1. The van der Waals surface area contributed by atoms with Crippen molar-refractivity contribution in [1.29, 1.82) is 0 Å². The van der Waals surface area contributed by atoms with E-state index in [4.69, 9.17) is 4.74 Å². The number of hydrogen-bond donors (Lipinski definition) is 2. The molecule has 26 heavy (non-hydrogen) atoms. The third-order valence-electron chi connectivity index (χ3n) is 4.52. The number of ether oxygens (including phenoxy) is 1. The third kappa shape index (κ3) is 3.32. The van der Waals surface area contributed by atoms with Gasteiger partial charge in [0, 0.05) is 18.3 Å². The maximum absolute atomic E-state index is 12.8. The zero-order chi connectivity index (χ0) is 19.1. The summed E-state index contributed by atoms with van der Waals surface area (Å²) in [5.41, 5.74) is 4.72. The van der Waals surface area contributed by atoms with Crippen molar-refractivity contribution in [3.05, 3.63) is 41.1 Å². The lowest BCUT2D eigenvalue weighted by Crippen LogP contribution is -2.54. The molecule has 2 N–H and O–H groups in total. The second kappa shape index (κ2) is 6.73. The van der Waals surface area contributed by atoms with E-state index in [9.17, 15) is 18.0 Å². The van der Waals surface area contributed by atoms with Gasteiger partial charge in [-0.2, -0.15) is 0 Å². The minimum Gasteiger partial charge on any atom is -0.469 e. The molecule has 140 valence electrons. The van der Waals surface area contributed by atoms with Crippen LogP contribution in [0.15, 0.2) is 34.9 Å². The molecule has 2 heterocycles. The highest BCUT2D eigenvalue weighted by Gasteiger charge is 2.44. The largest absolute Gasteiger partial charge is 0.469 e. The summed E-state index contributed by atoms with van der Waals surface area (Å²) in [6, 6.07) is 5.12. The van der Waals surface area contributed by atoms with Crippen molar-refractivity contribution in [3.63, 3.8) is 0 Å². The first kappa shape index (κ1) is 18.4. The van der Waals surface area contributed by atoms with Gasteiger partial charge in [0.25, 0.3) is 5.91 Å². The Morgan fingerprint density at radius 3 is 2.73 bits per heavy atom. The van der Waals surface area contributed by atoms with Gasteiger partial charge in [0.15, 0.2) is 9.84 Å². The number of rotatable bonds is 4. The minimum atomic E-state index is -3.64. The van der Waals surface area contributed by atoms with Crippen LogP contribution < -0.4 is 10.7 Å². The van der Waals surface area contributed by atoms with Crippen molar-refractivity contribution in [1.82, 2.24) is 15.8 Å². The van der Waals surface area contributed by atoms with Crippen LogP contribution in [0.25, 0.3) is 0 Å². The molecule has 2 aliphatic heterocycles. The quantitative estimate of drug-likeness (QED) is 0.711. The van der Waals surface area contributed by atoms with Crippen molar-refractivity contribution in [2.75, 3.05) is 19.4 Å². The molecule has 1 amide bonds. The molecule has 0 aliphatic carbocycles. The molecule has 1 aromatic carbocycles. The third-order valence-corrected chi connectivity index (χ3v) is 6.34. The SMILES string of the molecule is COC(=O)C1CNN2C(=O)C=C(CS(=O)(=O)c3ccc(C)cc3C)NC12. The molecule has 2 unspecified atom stereocenters. The van der Waals surface area contributed by atoms with E-state index in [0.717, 1.165) is 5.56 Å². The molecule has 1 aromatic rings. The first-order chi connectivity index (χ1) is 12.2. The van der Waals surface area contributed by atoms with E-state index in [2.05, 4.69) is 10.7 Å². The smallest absolute Gasteiger partial charge is 0.314 e. The molecule has 0 aromatic heterocycles. The molecule has 0 radical (unpaired) electrons. The van der Waals surface area contributed by atoms with Crippen LogP contribution in [0.5, 0.6) is 0 Å². The Hall–Kier alpha value is -2.39. The number of methoxy groups -OCH3 is 1. The van der Waals surface area contributed by atoms with Gasteiger partial charge in [-0.1, -0.05) is 17.7 Å². The Labute approximate surface area is 152 Å². The van der Waals surface area contributed by atoms with E-state index in [1.165, 1.54) is 18.2 Å². The Morgan fingerprint density at radius 1 is 1.35 bits per heavy atom. The molecular formula is C17H21N3O5S. The topological polar surface area (TPSA) is 105 Å². The Kier molecular flexibility index (Phi) is 4.76. The highest BCUT2D eigenvalue weighted by Crippen LogP contribution is 2.24. The zero-order valence-corrected chi connectivity index (χ0v) is 15.6. The predicted molar refractivity (Wildman–Crippen MR) is 93.3 cm³/mol. The summed E-state index contributed by atoms with van der Waals surface area (Å²) in [4.78, 5) is 24.4. The molecule has 1 fully saturated rings. The molecule has 0 saturated carbocycles. The minimum absolute atomic E-state index is 0.231. The fourth-order valence-electron chi connectivity index (χ4n) is 3.29. The number of carbonyl (C=O) groups is 2. The average molecular weight is 379 g/mol. The summed E-state index contributed by atoms with van der Waals surface area (Å²) >= 11 is 0. The molecule has 0 spiro atoms. The van der Waals surface area contributed by atoms with Crippen molar-refractivity contribution in [3.8, 4) is 0 Å². The number of carbonyl (C=O) groups excluding carboxylic acids is 2. The summed E-state index contributed by atoms with van der Waals surface area (Å²) in [7, 11) is -2.37. The number of sulfone groups is 1. The van der Waals surface area contributed by atoms with Crippen LogP contribution in [-0.2, 0) is 24.2 Å². The first-order valence-corrected chi connectivity index (χ1v) is 9.80. The Bertz CT molecular complexity index is 894. The molecule has 2 atom stereocenters. The fraction of sp³-hybridized carbons (Fsp3) is 0.412. The molecular weight excluding hydrogens is 358 g/mol. The first-order valence-electron chi connectivity index (χ1n) is 8.14. The lowest BCUT2D eigenvalue weighted by molar-refractivity contribution is -0.146. The number of benzene rings is 1. The molecule has 0 bridgehead atoms. The van der Waals surface area contributed by atoms with Crippen LogP contribution in [0, 0.1) is 19.8 Å². The van der Waals surface area contributed by atoms with Crippen LogP contribution in [0.1, 0.15) is 11.1 Å². The fourth-order valence-corrected chi connectivity index (χ4v) is 4.85. The highest BCUT2D eigenvalue weighted by molar-refractivity contribution is 7.91.